The molecule has 0 aromatic carbocycles. The lowest BCUT2D eigenvalue weighted by atomic mass is 10.9. The Balaban J connectivity index is 0. The van der Waals surface area contributed by atoms with Crippen LogP contribution >= 0.6 is 0 Å². The maximum absolute atomic E-state index is 9.85. The number of hydrogen-bond donors (Lipinski definition) is 1. The van der Waals surface area contributed by atoms with Crippen LogP contribution in [0.25, 0.3) is 0 Å². The van der Waals surface area contributed by atoms with E-state index >= 15 is 0 Å². The first kappa shape index (κ1) is 11.1. The van der Waals surface area contributed by atoms with Crippen LogP contribution in [0, 0.1) is 0 Å². The number of carbonyl (C=O) groups excluding carboxylic acids is 1. The van der Waals surface area contributed by atoms with Gasteiger partial charge in [-0.25, -0.2) is 4.79 Å². The summed E-state index contributed by atoms with van der Waals surface area (Å²) in [6.45, 7) is 0. The third-order valence-corrected chi connectivity index (χ3v) is 0.441. The molecule has 4 heteroatoms. The number of ether oxygens (including phenoxy) is 1. The molecule has 0 aromatic rings. The van der Waals surface area contributed by atoms with Crippen molar-refractivity contribution < 1.29 is 9.53 Å². The van der Waals surface area contributed by atoms with E-state index < -0.39 is 6.03 Å². The first-order valence-corrected chi connectivity index (χ1v) is 2.43. The van der Waals surface area contributed by atoms with E-state index in [0.717, 1.165) is 0 Å². The Morgan fingerprint density at radius 2 is 1.56 bits per heavy atom. The number of hydrogen-bond acceptors (Lipinski definition) is 2. The van der Waals surface area contributed by atoms with E-state index in [1.807, 2.05) is 0 Å². The van der Waals surface area contributed by atoms with Crippen LogP contribution in [0.5, 0.6) is 0 Å². The molecule has 0 aliphatic carbocycles. The summed E-state index contributed by atoms with van der Waals surface area (Å²) >= 11 is 0. The summed E-state index contributed by atoms with van der Waals surface area (Å²) in [7, 11) is 6.45. The molecular formula is C5H14N2O2. The summed E-state index contributed by atoms with van der Waals surface area (Å²) < 4.78 is 4.25. The van der Waals surface area contributed by atoms with E-state index in [1.54, 1.807) is 28.3 Å². The minimum atomic E-state index is -0.407. The van der Waals surface area contributed by atoms with Gasteiger partial charge in [0.1, 0.15) is 0 Å². The fraction of sp³-hybridized carbons (Fsp3) is 0.800. The Hall–Kier alpha value is -0.770. The molecule has 0 saturated heterocycles. The SMILES string of the molecule is CN(C)C(N)=O.COC. The highest BCUT2D eigenvalue weighted by atomic mass is 16.4. The van der Waals surface area contributed by atoms with E-state index in [0.29, 0.717) is 0 Å². The molecule has 0 atom stereocenters. The van der Waals surface area contributed by atoms with Gasteiger partial charge in [0.25, 0.3) is 0 Å². The summed E-state index contributed by atoms with van der Waals surface area (Å²) in [5.74, 6) is 0. The van der Waals surface area contributed by atoms with E-state index in [-0.39, 0.29) is 0 Å². The third kappa shape index (κ3) is 19.0. The summed E-state index contributed by atoms with van der Waals surface area (Å²) in [6.07, 6.45) is 0. The first-order chi connectivity index (χ1) is 4.06. The van der Waals surface area contributed by atoms with Crippen molar-refractivity contribution in [1.29, 1.82) is 0 Å². The number of nitrogens with two attached hydrogens (primary N) is 1. The average molecular weight is 134 g/mol. The molecule has 9 heavy (non-hydrogen) atoms. The molecule has 0 unspecified atom stereocenters. The maximum Gasteiger partial charge on any atom is 0.314 e. The van der Waals surface area contributed by atoms with E-state index in [4.69, 9.17) is 5.73 Å². The summed E-state index contributed by atoms with van der Waals surface area (Å²) in [6, 6.07) is -0.407. The lowest BCUT2D eigenvalue weighted by molar-refractivity contribution is 0.227. The Kier molecular flexibility index (Phi) is 8.90. The molecule has 2 N–H and O–H groups in total. The molecule has 0 saturated carbocycles. The fourth-order valence-corrected chi connectivity index (χ4v) is 0. The van der Waals surface area contributed by atoms with Crippen LogP contribution in [0.1, 0.15) is 0 Å². The zero-order valence-corrected chi connectivity index (χ0v) is 6.34. The van der Waals surface area contributed by atoms with Crippen LogP contribution in [0.3, 0.4) is 0 Å². The number of nitrogens with zero attached hydrogens (tertiary/aromatic N) is 1. The smallest absolute Gasteiger partial charge is 0.314 e. The normalized spacial score (nSPS) is 7.11. The molecule has 0 heterocycles. The summed E-state index contributed by atoms with van der Waals surface area (Å²) in [4.78, 5) is 11.2. The van der Waals surface area contributed by atoms with Gasteiger partial charge < -0.3 is 15.4 Å². The van der Waals surface area contributed by atoms with Crippen molar-refractivity contribution in [2.24, 2.45) is 5.73 Å². The minimum absolute atomic E-state index is 0.407. The van der Waals surface area contributed by atoms with Crippen LogP contribution in [0.2, 0.25) is 0 Å². The van der Waals surface area contributed by atoms with Crippen molar-refractivity contribution in [3.8, 4) is 0 Å². The number of urea groups is 1. The number of amides is 2. The second-order valence-electron chi connectivity index (χ2n) is 1.64. The molecule has 4 nitrogen and oxygen atoms in total. The average Bonchev–Trinajstić information content (AvgIpc) is 1.68. The van der Waals surface area contributed by atoms with Gasteiger partial charge in [0.15, 0.2) is 0 Å². The molecule has 0 bridgehead atoms. The van der Waals surface area contributed by atoms with Crippen LogP contribution in [-0.4, -0.2) is 39.2 Å². The number of primary amides is 1. The molecule has 0 aliphatic rings. The third-order valence-electron chi connectivity index (χ3n) is 0.441. The molecule has 0 radical (unpaired) electrons. The van der Waals surface area contributed by atoms with Crippen LogP contribution in [0.15, 0.2) is 0 Å². The highest BCUT2D eigenvalue weighted by molar-refractivity contribution is 5.71. The van der Waals surface area contributed by atoms with E-state index in [1.165, 1.54) is 4.90 Å². The topological polar surface area (TPSA) is 55.6 Å². The lowest BCUT2D eigenvalue weighted by Crippen LogP contribution is -2.27. The second kappa shape index (κ2) is 7.23. The molecule has 0 rings (SSSR count). The standard InChI is InChI=1S/C3H8N2O.C2H6O/c1-5(2)3(4)6;1-3-2/h1-2H3,(H2,4,6);1-2H3. The zero-order valence-electron chi connectivity index (χ0n) is 6.34. The van der Waals surface area contributed by atoms with Gasteiger partial charge in [-0.3, -0.25) is 0 Å². The molecule has 0 spiro atoms. The largest absolute Gasteiger partial charge is 0.388 e. The molecule has 56 valence electrons. The van der Waals surface area contributed by atoms with Gasteiger partial charge in [0, 0.05) is 28.3 Å². The van der Waals surface area contributed by atoms with Crippen molar-refractivity contribution in [2.75, 3.05) is 28.3 Å². The summed E-state index contributed by atoms with van der Waals surface area (Å²) in [5.41, 5.74) is 4.72. The van der Waals surface area contributed by atoms with E-state index in [9.17, 15) is 4.79 Å². The highest BCUT2D eigenvalue weighted by Crippen LogP contribution is 1.65. The van der Waals surface area contributed by atoms with E-state index in [2.05, 4.69) is 4.74 Å². The summed E-state index contributed by atoms with van der Waals surface area (Å²) in [5, 5.41) is 0. The van der Waals surface area contributed by atoms with Crippen LogP contribution in [0.4, 0.5) is 4.79 Å². The Morgan fingerprint density at radius 3 is 1.56 bits per heavy atom. The van der Waals surface area contributed by atoms with Crippen LogP contribution in [-0.2, 0) is 4.74 Å². The molecule has 0 aromatic heterocycles. The molecule has 2 amide bonds. The highest BCUT2D eigenvalue weighted by Gasteiger charge is 1.88. The predicted octanol–water partition coefficient (Wildman–Crippen LogP) is -0.111. The van der Waals surface area contributed by atoms with Gasteiger partial charge >= 0.3 is 6.03 Å². The Labute approximate surface area is 55.6 Å². The zero-order chi connectivity index (χ0) is 7.86. The lowest BCUT2D eigenvalue weighted by Gasteiger charge is -2.01. The number of carbonyl (C=O) groups is 1. The van der Waals surface area contributed by atoms with Gasteiger partial charge in [-0.2, -0.15) is 0 Å². The van der Waals surface area contributed by atoms with Gasteiger partial charge in [0.05, 0.1) is 0 Å². The minimum Gasteiger partial charge on any atom is -0.388 e. The van der Waals surface area contributed by atoms with Gasteiger partial charge in [-0.05, 0) is 0 Å². The van der Waals surface area contributed by atoms with Crippen molar-refractivity contribution in [3.63, 3.8) is 0 Å². The van der Waals surface area contributed by atoms with Gasteiger partial charge in [-0.15, -0.1) is 0 Å². The van der Waals surface area contributed by atoms with Crippen LogP contribution < -0.4 is 5.73 Å². The Morgan fingerprint density at radius 1 is 1.44 bits per heavy atom. The van der Waals surface area contributed by atoms with Gasteiger partial charge in [0.2, 0.25) is 0 Å². The van der Waals surface area contributed by atoms with Gasteiger partial charge in [-0.1, -0.05) is 0 Å². The monoisotopic (exact) mass is 134 g/mol. The first-order valence-electron chi connectivity index (χ1n) is 2.43. The Bertz CT molecular complexity index is 73.4. The predicted molar refractivity (Wildman–Crippen MR) is 36.2 cm³/mol. The maximum atomic E-state index is 9.85. The van der Waals surface area contributed by atoms with Crippen molar-refractivity contribution in [3.05, 3.63) is 0 Å². The number of methoxy groups -OCH3 is 1. The fourth-order valence-electron chi connectivity index (χ4n) is 0. The molecule has 0 aliphatic heterocycles. The number of rotatable bonds is 0. The molecular weight excluding hydrogens is 120 g/mol. The van der Waals surface area contributed by atoms with Crippen molar-refractivity contribution >= 4 is 6.03 Å². The quantitative estimate of drug-likeness (QED) is 0.502. The second-order valence-corrected chi connectivity index (χ2v) is 1.64. The molecule has 0 fully saturated rings. The van der Waals surface area contributed by atoms with Crippen molar-refractivity contribution in [2.45, 2.75) is 0 Å². The van der Waals surface area contributed by atoms with Crippen molar-refractivity contribution in [1.82, 2.24) is 4.90 Å².